The summed E-state index contributed by atoms with van der Waals surface area (Å²) in [6.07, 6.45) is 1.24. The fourth-order valence-corrected chi connectivity index (χ4v) is 4.83. The van der Waals surface area contributed by atoms with Crippen LogP contribution >= 0.6 is 0 Å². The molecule has 2 aliphatic rings. The van der Waals surface area contributed by atoms with Crippen molar-refractivity contribution in [3.05, 3.63) is 0 Å². The molecule has 1 N–H and O–H groups in total. The van der Waals surface area contributed by atoms with Crippen LogP contribution in [0.5, 0.6) is 0 Å². The molecule has 0 amide bonds. The van der Waals surface area contributed by atoms with Crippen LogP contribution in [0.15, 0.2) is 0 Å². The van der Waals surface area contributed by atoms with Gasteiger partial charge in [-0.1, -0.05) is 6.42 Å². The number of aliphatic carboxylic acids is 1. The van der Waals surface area contributed by atoms with Crippen LogP contribution in [0.3, 0.4) is 0 Å². The van der Waals surface area contributed by atoms with Crippen molar-refractivity contribution in [1.82, 2.24) is 4.31 Å². The van der Waals surface area contributed by atoms with E-state index in [0.29, 0.717) is 12.8 Å². The first kappa shape index (κ1) is 15.6. The van der Waals surface area contributed by atoms with Crippen molar-refractivity contribution in [2.75, 3.05) is 18.8 Å². The van der Waals surface area contributed by atoms with Gasteiger partial charge in [0.05, 0.1) is 11.7 Å². The lowest BCUT2D eigenvalue weighted by atomic mass is 9.87. The van der Waals surface area contributed by atoms with Crippen LogP contribution in [0.2, 0.25) is 0 Å². The molecule has 0 aromatic carbocycles. The molecule has 20 heavy (non-hydrogen) atoms. The van der Waals surface area contributed by atoms with Gasteiger partial charge in [-0.2, -0.15) is 0 Å². The van der Waals surface area contributed by atoms with Crippen molar-refractivity contribution < 1.29 is 27.1 Å². The second kappa shape index (κ2) is 5.55. The van der Waals surface area contributed by atoms with Gasteiger partial charge >= 0.3 is 5.97 Å². The predicted octanol–water partition coefficient (Wildman–Crippen LogP) is 1.55. The van der Waals surface area contributed by atoms with Crippen molar-refractivity contribution in [3.63, 3.8) is 0 Å². The van der Waals surface area contributed by atoms with Gasteiger partial charge < -0.3 is 5.11 Å². The average Bonchev–Trinajstić information content (AvgIpc) is 2.82. The molecule has 0 bridgehead atoms. The zero-order valence-electron chi connectivity index (χ0n) is 11.1. The molecule has 0 spiro atoms. The van der Waals surface area contributed by atoms with Gasteiger partial charge in [-0.25, -0.2) is 21.5 Å². The Morgan fingerprint density at radius 1 is 1.30 bits per heavy atom. The fourth-order valence-electron chi connectivity index (χ4n) is 2.91. The number of hydrogen-bond acceptors (Lipinski definition) is 3. The molecule has 1 aliphatic heterocycles. The average molecular weight is 311 g/mol. The third-order valence-corrected chi connectivity index (χ3v) is 6.16. The molecular weight excluding hydrogens is 292 g/mol. The van der Waals surface area contributed by atoms with E-state index in [-0.39, 0.29) is 32.4 Å². The molecule has 2 atom stereocenters. The molecule has 5 nitrogen and oxygen atoms in total. The Bertz CT molecular complexity index is 480. The van der Waals surface area contributed by atoms with Crippen LogP contribution < -0.4 is 0 Å². The third-order valence-electron chi connectivity index (χ3n) is 4.22. The lowest BCUT2D eigenvalue weighted by Gasteiger charge is -2.32. The second-order valence-electron chi connectivity index (χ2n) is 5.66. The molecule has 2 rings (SSSR count). The molecule has 1 aliphatic carbocycles. The van der Waals surface area contributed by atoms with Crippen molar-refractivity contribution >= 4 is 16.0 Å². The largest absolute Gasteiger partial charge is 0.481 e. The highest BCUT2D eigenvalue weighted by atomic mass is 32.2. The van der Waals surface area contributed by atoms with Gasteiger partial charge in [-0.05, 0) is 19.3 Å². The molecule has 0 aromatic rings. The number of sulfonamides is 1. The Balaban J connectivity index is 2.03. The maximum Gasteiger partial charge on any atom is 0.307 e. The summed E-state index contributed by atoms with van der Waals surface area (Å²) < 4.78 is 52.8. The zero-order valence-corrected chi connectivity index (χ0v) is 11.9. The topological polar surface area (TPSA) is 74.7 Å². The van der Waals surface area contributed by atoms with Crippen molar-refractivity contribution in [1.29, 1.82) is 0 Å². The summed E-state index contributed by atoms with van der Waals surface area (Å²) in [6, 6.07) is 0. The van der Waals surface area contributed by atoms with E-state index < -0.39 is 39.5 Å². The summed E-state index contributed by atoms with van der Waals surface area (Å²) in [5.74, 6) is -6.42. The summed E-state index contributed by atoms with van der Waals surface area (Å²) in [4.78, 5) is 10.8. The minimum absolute atomic E-state index is 0.101. The van der Waals surface area contributed by atoms with Crippen LogP contribution in [0.4, 0.5) is 8.78 Å². The van der Waals surface area contributed by atoms with Crippen LogP contribution in [0.25, 0.3) is 0 Å². The number of alkyl halides is 2. The molecule has 1 saturated heterocycles. The monoisotopic (exact) mass is 311 g/mol. The highest BCUT2D eigenvalue weighted by Crippen LogP contribution is 2.39. The van der Waals surface area contributed by atoms with E-state index in [1.54, 1.807) is 0 Å². The normalized spacial score (nSPS) is 31.3. The molecule has 8 heteroatoms. The number of nitrogens with zero attached hydrogens (tertiary/aromatic N) is 1. The van der Waals surface area contributed by atoms with Gasteiger partial charge in [0.1, 0.15) is 0 Å². The van der Waals surface area contributed by atoms with E-state index in [9.17, 15) is 22.0 Å². The van der Waals surface area contributed by atoms with Crippen molar-refractivity contribution in [3.8, 4) is 0 Å². The number of halogens is 2. The van der Waals surface area contributed by atoms with Gasteiger partial charge in [-0.3, -0.25) is 4.79 Å². The van der Waals surface area contributed by atoms with E-state index in [4.69, 9.17) is 5.11 Å². The summed E-state index contributed by atoms with van der Waals surface area (Å²) in [5.41, 5.74) is 0. The van der Waals surface area contributed by atoms with Crippen LogP contribution in [-0.2, 0) is 14.8 Å². The first-order chi connectivity index (χ1) is 9.22. The van der Waals surface area contributed by atoms with Crippen molar-refractivity contribution in [2.24, 2.45) is 11.8 Å². The Morgan fingerprint density at radius 2 is 2.00 bits per heavy atom. The van der Waals surface area contributed by atoms with Gasteiger partial charge in [0.2, 0.25) is 10.0 Å². The zero-order chi connectivity index (χ0) is 15.0. The molecule has 116 valence electrons. The van der Waals surface area contributed by atoms with Gasteiger partial charge in [0.25, 0.3) is 5.92 Å². The minimum Gasteiger partial charge on any atom is -0.481 e. The number of carboxylic acid groups (broad SMARTS) is 1. The number of rotatable bonds is 4. The van der Waals surface area contributed by atoms with Gasteiger partial charge in [0, 0.05) is 25.4 Å². The SMILES string of the molecule is O=C(O)C1CCN(S(=O)(=O)CC2CCCCC2(F)F)C1. The predicted molar refractivity (Wildman–Crippen MR) is 68.0 cm³/mol. The number of carboxylic acids is 1. The molecule has 2 fully saturated rings. The second-order valence-corrected chi connectivity index (χ2v) is 7.68. The maximum absolute atomic E-state index is 13.7. The smallest absolute Gasteiger partial charge is 0.307 e. The highest BCUT2D eigenvalue weighted by Gasteiger charge is 2.45. The molecule has 1 saturated carbocycles. The van der Waals surface area contributed by atoms with Crippen LogP contribution in [0, 0.1) is 11.8 Å². The van der Waals surface area contributed by atoms with Crippen LogP contribution in [-0.4, -0.2) is 48.6 Å². The number of hydrogen-bond donors (Lipinski definition) is 1. The molecule has 0 radical (unpaired) electrons. The number of carbonyl (C=O) groups is 1. The molecule has 1 heterocycles. The Hall–Kier alpha value is -0.760. The lowest BCUT2D eigenvalue weighted by Crippen LogP contribution is -2.41. The molecule has 0 aromatic heterocycles. The quantitative estimate of drug-likeness (QED) is 0.855. The molecule has 2 unspecified atom stereocenters. The first-order valence-corrected chi connectivity index (χ1v) is 8.42. The van der Waals surface area contributed by atoms with Gasteiger partial charge in [-0.15, -0.1) is 0 Å². The van der Waals surface area contributed by atoms with E-state index in [1.165, 1.54) is 0 Å². The Labute approximate surface area is 117 Å². The lowest BCUT2D eigenvalue weighted by molar-refractivity contribution is -0.141. The Morgan fingerprint density at radius 3 is 2.55 bits per heavy atom. The van der Waals surface area contributed by atoms with Crippen LogP contribution in [0.1, 0.15) is 32.1 Å². The molecular formula is C12H19F2NO4S. The summed E-state index contributed by atoms with van der Waals surface area (Å²) in [5, 5.41) is 8.86. The van der Waals surface area contributed by atoms with Gasteiger partial charge in [0.15, 0.2) is 0 Å². The first-order valence-electron chi connectivity index (χ1n) is 6.81. The fraction of sp³-hybridized carbons (Fsp3) is 0.917. The van der Waals surface area contributed by atoms with E-state index in [0.717, 1.165) is 4.31 Å². The van der Waals surface area contributed by atoms with E-state index >= 15 is 0 Å². The van der Waals surface area contributed by atoms with E-state index in [2.05, 4.69) is 0 Å². The van der Waals surface area contributed by atoms with Crippen molar-refractivity contribution in [2.45, 2.75) is 38.0 Å². The summed E-state index contributed by atoms with van der Waals surface area (Å²) >= 11 is 0. The standard InChI is InChI=1S/C12H19F2NO4S/c13-12(14)5-2-1-3-10(12)8-20(18,19)15-6-4-9(7-15)11(16)17/h9-10H,1-8H2,(H,16,17). The summed E-state index contributed by atoms with van der Waals surface area (Å²) in [7, 11) is -3.81. The third kappa shape index (κ3) is 3.28. The van der Waals surface area contributed by atoms with E-state index in [1.807, 2.05) is 0 Å². The Kier molecular flexibility index (Phi) is 4.34. The highest BCUT2D eigenvalue weighted by molar-refractivity contribution is 7.89. The minimum atomic E-state index is -3.81. The maximum atomic E-state index is 13.7. The summed E-state index contributed by atoms with van der Waals surface area (Å²) in [6.45, 7) is 0.00749.